The predicted molar refractivity (Wildman–Crippen MR) is 452 cm³/mol. The zero-order valence-corrected chi connectivity index (χ0v) is 60.9. The van der Waals surface area contributed by atoms with E-state index in [0.717, 1.165) is 174 Å². The average Bonchev–Trinajstić information content (AvgIpc) is 1.55. The fourth-order valence-corrected chi connectivity index (χ4v) is 17.3. The molecular weight excluding hydrogens is 1390 g/mol. The van der Waals surface area contributed by atoms with Crippen LogP contribution in [0.1, 0.15) is 41.4 Å². The van der Waals surface area contributed by atoms with Crippen molar-refractivity contribution in [1.82, 2.24) is 19.9 Å². The van der Waals surface area contributed by atoms with Crippen molar-refractivity contribution in [3.8, 4) is 89.5 Å². The molecule has 112 heavy (non-hydrogen) atoms. The summed E-state index contributed by atoms with van der Waals surface area (Å²) in [6.07, 6.45) is 0. The number of carbonyl (C=O) groups is 4. The first-order chi connectivity index (χ1) is 54.9. The van der Waals surface area contributed by atoms with Crippen LogP contribution in [0, 0.1) is 0 Å². The Morgan fingerprint density at radius 3 is 0.580 bits per heavy atom. The van der Waals surface area contributed by atoms with Crippen LogP contribution in [0.25, 0.3) is 219 Å². The molecule has 0 fully saturated rings. The number of ether oxygens (including phenoxy) is 4. The second kappa shape index (κ2) is 25.4. The third kappa shape index (κ3) is 10.4. The number of hydrogen-bond donors (Lipinski definition) is 2. The lowest BCUT2D eigenvalue weighted by Crippen LogP contribution is -2.00. The van der Waals surface area contributed by atoms with Gasteiger partial charge in [-0.25, -0.2) is 29.1 Å². The van der Waals surface area contributed by atoms with Gasteiger partial charge in [-0.1, -0.05) is 146 Å². The number of benzene rings is 16. The number of fused-ring (bicyclic) bond motifs is 8. The van der Waals surface area contributed by atoms with Crippen LogP contribution in [0.3, 0.4) is 0 Å². The number of H-pyrrole nitrogens is 2. The van der Waals surface area contributed by atoms with Gasteiger partial charge >= 0.3 is 23.9 Å². The second-order valence-corrected chi connectivity index (χ2v) is 28.9. The van der Waals surface area contributed by atoms with Crippen molar-refractivity contribution in [2.24, 2.45) is 0 Å². The summed E-state index contributed by atoms with van der Waals surface area (Å²) >= 11 is 0. The second-order valence-electron chi connectivity index (χ2n) is 28.9. The standard InChI is InChI=1S/C100H62N4O8/c1-109-97(105)57-29-21-53(22-30-57)85-89-77-45-69-37-61-13-5-7-15-63(61)39-71(69)47-79(77)91(101-89)86(54-23-31-58(32-24-54)98(106)110-2)93-81-49-73-41-65-17-9-11-19-67(65)43-75(73)51-83(81)95(103-93)88(56-27-35-60(36-28-56)100(108)112-4)96-84-52-76-44-68-20-12-10-18-66(68)42-74(76)50-82(84)94(104-96)87(55-25-33-59(34-26-55)99(107)111-3)92-80-48-72-40-64-16-8-6-14-62(64)38-70(72)46-78(80)90(85)102-92/h5-52,101,104H,1-4H3. The summed E-state index contributed by atoms with van der Waals surface area (Å²) in [5.41, 5.74) is 16.0. The fourth-order valence-electron chi connectivity index (χ4n) is 17.3. The quantitative estimate of drug-likeness (QED) is 0.0851. The summed E-state index contributed by atoms with van der Waals surface area (Å²) in [6, 6.07) is 100. The summed E-state index contributed by atoms with van der Waals surface area (Å²) in [5.74, 6) is -1.94. The molecule has 1 aliphatic carbocycles. The molecule has 16 aromatic carbocycles. The van der Waals surface area contributed by atoms with Crippen molar-refractivity contribution < 1.29 is 38.1 Å². The lowest BCUT2D eigenvalue weighted by molar-refractivity contribution is 0.0592. The van der Waals surface area contributed by atoms with Gasteiger partial charge in [-0.05, 0) is 254 Å². The van der Waals surface area contributed by atoms with Gasteiger partial charge in [0.15, 0.2) is 0 Å². The number of rotatable bonds is 8. The predicted octanol–water partition coefficient (Wildman–Crippen LogP) is 24.3. The van der Waals surface area contributed by atoms with Gasteiger partial charge in [0, 0.05) is 66.1 Å². The molecule has 0 saturated carbocycles. The molecule has 8 bridgehead atoms. The Morgan fingerprint density at radius 1 is 0.223 bits per heavy atom. The first kappa shape index (κ1) is 65.4. The monoisotopic (exact) mass is 1450 g/mol. The molecule has 0 atom stereocenters. The molecule has 4 heterocycles. The van der Waals surface area contributed by atoms with Gasteiger partial charge in [-0.15, -0.1) is 0 Å². The minimum absolute atomic E-state index is 0.363. The van der Waals surface area contributed by atoms with E-state index in [9.17, 15) is 19.2 Å². The van der Waals surface area contributed by atoms with Crippen LogP contribution in [0.15, 0.2) is 291 Å². The number of nitrogens with zero attached hydrogens (tertiary/aromatic N) is 2. The minimum atomic E-state index is -0.486. The van der Waals surface area contributed by atoms with E-state index in [-0.39, 0.29) is 0 Å². The van der Waals surface area contributed by atoms with Gasteiger partial charge in [0.2, 0.25) is 0 Å². The highest BCUT2D eigenvalue weighted by molar-refractivity contribution is 6.26. The van der Waals surface area contributed by atoms with Crippen molar-refractivity contribution >= 4 is 154 Å². The number of carbonyl (C=O) groups excluding carboxylic acids is 4. The van der Waals surface area contributed by atoms with Crippen LogP contribution in [0.4, 0.5) is 0 Å². The lowest BCUT2D eigenvalue weighted by Gasteiger charge is -2.12. The molecule has 0 spiro atoms. The molecule has 18 aromatic rings. The number of aromatic amines is 2. The number of nitrogens with one attached hydrogen (secondary N) is 2. The van der Waals surface area contributed by atoms with E-state index in [0.29, 0.717) is 67.1 Å². The zero-order chi connectivity index (χ0) is 75.3. The Labute approximate surface area is 639 Å². The summed E-state index contributed by atoms with van der Waals surface area (Å²) < 4.78 is 21.6. The third-order valence-electron chi connectivity index (χ3n) is 22.7. The van der Waals surface area contributed by atoms with Gasteiger partial charge in [0.05, 0.1) is 95.5 Å². The van der Waals surface area contributed by atoms with E-state index in [1.165, 1.54) is 28.4 Å². The van der Waals surface area contributed by atoms with E-state index in [4.69, 9.17) is 28.9 Å². The summed E-state index contributed by atoms with van der Waals surface area (Å²) in [5, 5.41) is 19.9. The Hall–Kier alpha value is -14.9. The molecule has 2 N–H and O–H groups in total. The maximum atomic E-state index is 13.7. The van der Waals surface area contributed by atoms with Crippen molar-refractivity contribution in [2.75, 3.05) is 28.4 Å². The van der Waals surface area contributed by atoms with Crippen LogP contribution >= 0.6 is 0 Å². The smallest absolute Gasteiger partial charge is 0.337 e. The van der Waals surface area contributed by atoms with E-state index < -0.39 is 23.9 Å². The highest BCUT2D eigenvalue weighted by Gasteiger charge is 2.33. The molecule has 21 rings (SSSR count). The summed E-state index contributed by atoms with van der Waals surface area (Å²) in [6.45, 7) is 0. The van der Waals surface area contributed by atoms with Crippen LogP contribution in [-0.4, -0.2) is 72.3 Å². The molecule has 530 valence electrons. The average molecular weight is 1450 g/mol. The van der Waals surface area contributed by atoms with Crippen LogP contribution in [0.5, 0.6) is 0 Å². The number of methoxy groups -OCH3 is 4. The Balaban J connectivity index is 1.07. The van der Waals surface area contributed by atoms with Gasteiger partial charge in [0.25, 0.3) is 0 Å². The maximum absolute atomic E-state index is 13.7. The third-order valence-corrected chi connectivity index (χ3v) is 22.7. The first-order valence-corrected chi connectivity index (χ1v) is 37.0. The maximum Gasteiger partial charge on any atom is 0.337 e. The van der Waals surface area contributed by atoms with Crippen LogP contribution in [-0.2, 0) is 18.9 Å². The highest BCUT2D eigenvalue weighted by Crippen LogP contribution is 2.55. The number of hydrogen-bond acceptors (Lipinski definition) is 10. The zero-order valence-electron chi connectivity index (χ0n) is 60.9. The molecule has 2 aromatic heterocycles. The van der Waals surface area contributed by atoms with Gasteiger partial charge < -0.3 is 28.9 Å². The van der Waals surface area contributed by atoms with Crippen molar-refractivity contribution in [1.29, 1.82) is 0 Å². The van der Waals surface area contributed by atoms with Gasteiger partial charge in [-0.2, -0.15) is 0 Å². The topological polar surface area (TPSA) is 163 Å². The lowest BCUT2D eigenvalue weighted by atomic mass is 9.90. The minimum Gasteiger partial charge on any atom is -0.465 e. The molecule has 0 radical (unpaired) electrons. The van der Waals surface area contributed by atoms with E-state index in [1.54, 1.807) is 48.5 Å². The van der Waals surface area contributed by atoms with Crippen LogP contribution < -0.4 is 0 Å². The Morgan fingerprint density at radius 2 is 0.402 bits per heavy atom. The van der Waals surface area contributed by atoms with Crippen LogP contribution in [0.2, 0.25) is 0 Å². The Kier molecular flexibility index (Phi) is 14.8. The summed E-state index contributed by atoms with van der Waals surface area (Å²) in [7, 11) is 5.55. The van der Waals surface area contributed by atoms with Gasteiger partial charge in [0.1, 0.15) is 0 Å². The fraction of sp³-hybridized carbons (Fsp3) is 0.0400. The molecular formula is C100H62N4O8. The van der Waals surface area contributed by atoms with E-state index in [1.807, 2.05) is 48.5 Å². The highest BCUT2D eigenvalue weighted by atomic mass is 16.5. The molecule has 2 aliphatic heterocycles. The molecule has 12 nitrogen and oxygen atoms in total. The first-order valence-electron chi connectivity index (χ1n) is 37.0. The van der Waals surface area contributed by atoms with E-state index >= 15 is 0 Å². The summed E-state index contributed by atoms with van der Waals surface area (Å²) in [4.78, 5) is 76.0. The molecule has 0 saturated heterocycles. The van der Waals surface area contributed by atoms with Crippen molar-refractivity contribution in [3.05, 3.63) is 313 Å². The van der Waals surface area contributed by atoms with Gasteiger partial charge in [-0.3, -0.25) is 0 Å². The molecule has 0 unspecified atom stereocenters. The molecule has 3 aliphatic rings. The number of esters is 4. The largest absolute Gasteiger partial charge is 0.465 e. The van der Waals surface area contributed by atoms with Crippen molar-refractivity contribution in [2.45, 2.75) is 0 Å². The molecule has 0 amide bonds. The normalized spacial score (nSPS) is 11.9. The van der Waals surface area contributed by atoms with E-state index in [2.05, 4.69) is 204 Å². The Bertz CT molecular complexity index is 6720. The molecule has 12 heteroatoms. The van der Waals surface area contributed by atoms with Crippen molar-refractivity contribution in [3.63, 3.8) is 0 Å². The number of aromatic nitrogens is 4. The SMILES string of the molecule is COC(=O)c1ccc(-c2c3nc(c(-c4ccc(C(=O)OC)cc4)c4[nH]c(c(-c5ccc(C(=O)OC)cc5)c5nc(c(-c6ccc(C(=O)OC)cc6)c6[nH]c2c2cc7cc8ccccc8cc7cc62)-c2cc6cc7ccccc7cc6cc2-5)c2cc5cc6ccccc6cc5cc42)-c2cc4cc5ccccc5cc4cc2-3)cc1.